The number of amides is 1. The van der Waals surface area contributed by atoms with Crippen molar-refractivity contribution in [3.05, 3.63) is 63.8 Å². The van der Waals surface area contributed by atoms with Gasteiger partial charge in [-0.25, -0.2) is 4.98 Å². The van der Waals surface area contributed by atoms with Gasteiger partial charge in [0.2, 0.25) is 11.0 Å². The van der Waals surface area contributed by atoms with E-state index in [0.29, 0.717) is 12.2 Å². The zero-order chi connectivity index (χ0) is 20.1. The number of methoxy groups -OCH3 is 1. The highest BCUT2D eigenvalue weighted by molar-refractivity contribution is 9.10. The van der Waals surface area contributed by atoms with Crippen molar-refractivity contribution in [2.45, 2.75) is 19.3 Å². The largest absolute Gasteiger partial charge is 0.496 e. The Labute approximate surface area is 179 Å². The lowest BCUT2D eigenvalue weighted by Gasteiger charge is -2.25. The van der Waals surface area contributed by atoms with Gasteiger partial charge in [-0.1, -0.05) is 39.4 Å². The van der Waals surface area contributed by atoms with Gasteiger partial charge in [-0.2, -0.15) is 9.78 Å². The van der Waals surface area contributed by atoms with Crippen molar-refractivity contribution in [1.29, 1.82) is 0 Å². The van der Waals surface area contributed by atoms with E-state index in [1.54, 1.807) is 23.1 Å². The first-order chi connectivity index (χ1) is 14.0. The van der Waals surface area contributed by atoms with Crippen LogP contribution in [0.2, 0.25) is 0 Å². The van der Waals surface area contributed by atoms with E-state index >= 15 is 0 Å². The molecule has 4 aromatic rings. The summed E-state index contributed by atoms with van der Waals surface area (Å²) in [5.41, 5.74) is 3.75. The topological polar surface area (TPSA) is 69.0 Å². The molecule has 146 valence electrons. The molecule has 1 aliphatic rings. The van der Waals surface area contributed by atoms with Crippen LogP contribution in [-0.4, -0.2) is 27.8 Å². The summed E-state index contributed by atoms with van der Waals surface area (Å²) >= 11 is 5.09. The molecule has 0 fully saturated rings. The average Bonchev–Trinajstić information content (AvgIpc) is 3.28. The minimum absolute atomic E-state index is 0.0493. The number of hydrogen-bond acceptors (Lipinski definition) is 5. The highest BCUT2D eigenvalue weighted by Crippen LogP contribution is 2.44. The monoisotopic (exact) mass is 468 g/mol. The molecule has 3 heterocycles. The molecule has 2 aromatic carbocycles. The van der Waals surface area contributed by atoms with Crippen LogP contribution in [0.1, 0.15) is 29.2 Å². The zero-order valence-electron chi connectivity index (χ0n) is 15.8. The molecule has 5 rings (SSSR count). The fraction of sp³-hybridized carbons (Fsp3) is 0.190. The predicted molar refractivity (Wildman–Crippen MR) is 117 cm³/mol. The lowest BCUT2D eigenvalue weighted by Crippen LogP contribution is -2.25. The van der Waals surface area contributed by atoms with E-state index in [1.165, 1.54) is 0 Å². The number of nitrogens with zero attached hydrogens (tertiary/aromatic N) is 3. The summed E-state index contributed by atoms with van der Waals surface area (Å²) < 4.78 is 9.36. The third-order valence-corrected chi connectivity index (χ3v) is 6.64. The van der Waals surface area contributed by atoms with Gasteiger partial charge >= 0.3 is 0 Å². The van der Waals surface area contributed by atoms with Crippen molar-refractivity contribution in [3.63, 3.8) is 0 Å². The van der Waals surface area contributed by atoms with Gasteiger partial charge in [0.15, 0.2) is 0 Å². The summed E-state index contributed by atoms with van der Waals surface area (Å²) in [5.74, 6) is 1.25. The summed E-state index contributed by atoms with van der Waals surface area (Å²) in [7, 11) is 1.65. The molecule has 0 radical (unpaired) electrons. The van der Waals surface area contributed by atoms with Gasteiger partial charge in [0.1, 0.15) is 11.6 Å². The Bertz CT molecular complexity index is 1230. The Morgan fingerprint density at radius 3 is 2.90 bits per heavy atom. The SMILES string of the molecule is COc1ccc(Br)cc1[C@H]1CC(=O)Nc2c1c(C)nn2-c1nc2ccccc2s1. The summed E-state index contributed by atoms with van der Waals surface area (Å²) in [6.45, 7) is 1.97. The predicted octanol–water partition coefficient (Wildman–Crippen LogP) is 5.04. The number of hydrogen-bond donors (Lipinski definition) is 1. The van der Waals surface area contributed by atoms with E-state index < -0.39 is 0 Å². The van der Waals surface area contributed by atoms with Crippen LogP contribution in [0.25, 0.3) is 15.3 Å². The number of rotatable bonds is 3. The standard InChI is InChI=1S/C21H17BrN4O2S/c1-11-19-14(13-9-12(22)7-8-16(13)28-2)10-18(27)24-20(19)26(25-11)21-23-15-5-3-4-6-17(15)29-21/h3-9,14H,10H2,1-2H3,(H,24,27)/t14-/m1/s1. The smallest absolute Gasteiger partial charge is 0.226 e. The normalized spacial score (nSPS) is 16.0. The number of carbonyl (C=O) groups excluding carboxylic acids is 1. The Balaban J connectivity index is 1.70. The number of nitrogens with one attached hydrogen (secondary N) is 1. The molecule has 1 aliphatic heterocycles. The van der Waals surface area contributed by atoms with Crippen molar-refractivity contribution in [2.75, 3.05) is 12.4 Å². The molecule has 6 nitrogen and oxygen atoms in total. The van der Waals surface area contributed by atoms with Crippen LogP contribution in [0.4, 0.5) is 5.82 Å². The number of para-hydroxylation sites is 1. The number of anilines is 1. The maximum Gasteiger partial charge on any atom is 0.226 e. The van der Waals surface area contributed by atoms with E-state index in [4.69, 9.17) is 14.8 Å². The highest BCUT2D eigenvalue weighted by Gasteiger charge is 2.34. The van der Waals surface area contributed by atoms with Gasteiger partial charge in [0, 0.05) is 27.9 Å². The maximum atomic E-state index is 12.6. The quantitative estimate of drug-likeness (QED) is 0.457. The molecular weight excluding hydrogens is 452 g/mol. The second-order valence-electron chi connectivity index (χ2n) is 6.91. The summed E-state index contributed by atoms with van der Waals surface area (Å²) in [5, 5.41) is 8.50. The molecule has 0 unspecified atom stereocenters. The lowest BCUT2D eigenvalue weighted by atomic mass is 9.85. The zero-order valence-corrected chi connectivity index (χ0v) is 18.2. The van der Waals surface area contributed by atoms with Crippen molar-refractivity contribution >= 4 is 49.2 Å². The second kappa shape index (κ2) is 6.96. The van der Waals surface area contributed by atoms with Crippen LogP contribution in [0.5, 0.6) is 5.75 Å². The number of aromatic nitrogens is 3. The maximum absolute atomic E-state index is 12.6. The van der Waals surface area contributed by atoms with Crippen LogP contribution < -0.4 is 10.1 Å². The van der Waals surface area contributed by atoms with E-state index in [-0.39, 0.29) is 11.8 Å². The van der Waals surface area contributed by atoms with Gasteiger partial charge < -0.3 is 10.1 Å². The summed E-state index contributed by atoms with van der Waals surface area (Å²) in [6, 6.07) is 13.8. The molecule has 0 bridgehead atoms. The lowest BCUT2D eigenvalue weighted by molar-refractivity contribution is -0.116. The van der Waals surface area contributed by atoms with Gasteiger partial charge in [-0.3, -0.25) is 4.79 Å². The number of halogens is 1. The van der Waals surface area contributed by atoms with Crippen molar-refractivity contribution < 1.29 is 9.53 Å². The Morgan fingerprint density at radius 2 is 2.10 bits per heavy atom. The Kier molecular flexibility index (Phi) is 4.40. The molecular formula is C21H17BrN4O2S. The Morgan fingerprint density at radius 1 is 1.28 bits per heavy atom. The van der Waals surface area contributed by atoms with E-state index in [9.17, 15) is 4.79 Å². The van der Waals surface area contributed by atoms with Crippen LogP contribution in [0.3, 0.4) is 0 Å². The Hall–Kier alpha value is -2.71. The summed E-state index contributed by atoms with van der Waals surface area (Å²) in [4.78, 5) is 17.3. The van der Waals surface area contributed by atoms with Crippen LogP contribution in [0.15, 0.2) is 46.9 Å². The number of benzene rings is 2. The second-order valence-corrected chi connectivity index (χ2v) is 8.84. The van der Waals surface area contributed by atoms with Gasteiger partial charge in [-0.15, -0.1) is 0 Å². The highest BCUT2D eigenvalue weighted by atomic mass is 79.9. The molecule has 1 amide bonds. The molecule has 0 saturated carbocycles. The molecule has 0 saturated heterocycles. The van der Waals surface area contributed by atoms with Crippen molar-refractivity contribution in [3.8, 4) is 10.9 Å². The molecule has 0 spiro atoms. The van der Waals surface area contributed by atoms with Crippen LogP contribution in [0, 0.1) is 6.92 Å². The van der Waals surface area contributed by atoms with E-state index in [0.717, 1.165) is 42.4 Å². The van der Waals surface area contributed by atoms with Gasteiger partial charge in [0.05, 0.1) is 23.0 Å². The number of aryl methyl sites for hydroxylation is 1. The molecule has 2 aromatic heterocycles. The molecule has 29 heavy (non-hydrogen) atoms. The van der Waals surface area contributed by atoms with Crippen molar-refractivity contribution in [1.82, 2.24) is 14.8 Å². The third kappa shape index (κ3) is 3.03. The molecule has 8 heteroatoms. The number of fused-ring (bicyclic) bond motifs is 2. The fourth-order valence-electron chi connectivity index (χ4n) is 3.88. The first kappa shape index (κ1) is 18.3. The minimum Gasteiger partial charge on any atom is -0.496 e. The first-order valence-electron chi connectivity index (χ1n) is 9.14. The molecule has 1 N–H and O–H groups in total. The number of thiazole rings is 1. The molecule has 0 aliphatic carbocycles. The number of carbonyl (C=O) groups is 1. The number of ether oxygens (including phenoxy) is 1. The minimum atomic E-state index is -0.144. The van der Waals surface area contributed by atoms with Crippen molar-refractivity contribution in [2.24, 2.45) is 0 Å². The molecule has 1 atom stereocenters. The van der Waals surface area contributed by atoms with Crippen LogP contribution in [-0.2, 0) is 4.79 Å². The summed E-state index contributed by atoms with van der Waals surface area (Å²) in [6.07, 6.45) is 0.339. The first-order valence-corrected chi connectivity index (χ1v) is 10.7. The van der Waals surface area contributed by atoms with Gasteiger partial charge in [-0.05, 0) is 37.3 Å². The van der Waals surface area contributed by atoms with E-state index in [2.05, 4.69) is 21.2 Å². The average molecular weight is 469 g/mol. The third-order valence-electron chi connectivity index (χ3n) is 5.13. The van der Waals surface area contributed by atoms with Gasteiger partial charge in [0.25, 0.3) is 0 Å². The fourth-order valence-corrected chi connectivity index (χ4v) is 5.18. The van der Waals surface area contributed by atoms with E-state index in [1.807, 2.05) is 49.4 Å². The van der Waals surface area contributed by atoms with Crippen LogP contribution >= 0.6 is 27.3 Å².